The van der Waals surface area contributed by atoms with Crippen molar-refractivity contribution < 1.29 is 17.9 Å². The lowest BCUT2D eigenvalue weighted by atomic mass is 10.1. The van der Waals surface area contributed by atoms with Gasteiger partial charge in [0.05, 0.1) is 17.2 Å². The number of anilines is 1. The van der Waals surface area contributed by atoms with Crippen LogP contribution in [-0.2, 0) is 14.8 Å². The highest BCUT2D eigenvalue weighted by Gasteiger charge is 2.21. The van der Waals surface area contributed by atoms with Crippen LogP contribution in [0.1, 0.15) is 22.3 Å². The minimum Gasteiger partial charge on any atom is -0.462 e. The standard InChI is InChI=1S/C19H18N2O4S2/c1-3-25-18(22)17-13(2)20-19(26-17)21-27(23,24)16-11-9-15(10-12-16)14-7-5-4-6-8-14/h4-12H,3H2,1-2H3,(H,20,21). The first-order valence-electron chi connectivity index (χ1n) is 8.23. The van der Waals surface area contributed by atoms with Crippen LogP contribution in [0, 0.1) is 6.92 Å². The van der Waals surface area contributed by atoms with E-state index in [-0.39, 0.29) is 21.5 Å². The predicted molar refractivity (Wildman–Crippen MR) is 105 cm³/mol. The molecule has 0 aliphatic rings. The van der Waals surface area contributed by atoms with Crippen molar-refractivity contribution in [3.05, 3.63) is 65.2 Å². The smallest absolute Gasteiger partial charge is 0.350 e. The van der Waals surface area contributed by atoms with Crippen LogP contribution >= 0.6 is 11.3 Å². The molecule has 0 atom stereocenters. The molecular formula is C19H18N2O4S2. The molecule has 0 unspecified atom stereocenters. The molecule has 140 valence electrons. The van der Waals surface area contributed by atoms with E-state index >= 15 is 0 Å². The van der Waals surface area contributed by atoms with E-state index in [9.17, 15) is 13.2 Å². The molecule has 0 saturated heterocycles. The van der Waals surface area contributed by atoms with E-state index in [1.165, 1.54) is 12.1 Å². The average Bonchev–Trinajstić information content (AvgIpc) is 3.02. The number of carbonyl (C=O) groups is 1. The van der Waals surface area contributed by atoms with E-state index in [0.717, 1.165) is 22.5 Å². The monoisotopic (exact) mass is 402 g/mol. The molecule has 0 radical (unpaired) electrons. The van der Waals surface area contributed by atoms with E-state index in [1.54, 1.807) is 26.0 Å². The van der Waals surface area contributed by atoms with Crippen LogP contribution in [0.2, 0.25) is 0 Å². The van der Waals surface area contributed by atoms with Gasteiger partial charge in [0.25, 0.3) is 10.0 Å². The quantitative estimate of drug-likeness (QED) is 0.628. The number of esters is 1. The Kier molecular flexibility index (Phi) is 5.57. The van der Waals surface area contributed by atoms with Crippen molar-refractivity contribution in [3.8, 4) is 11.1 Å². The number of rotatable bonds is 6. The van der Waals surface area contributed by atoms with Crippen molar-refractivity contribution in [3.63, 3.8) is 0 Å². The van der Waals surface area contributed by atoms with Gasteiger partial charge in [-0.2, -0.15) is 0 Å². The molecule has 0 amide bonds. The van der Waals surface area contributed by atoms with Crippen LogP contribution < -0.4 is 4.72 Å². The Balaban J connectivity index is 1.81. The summed E-state index contributed by atoms with van der Waals surface area (Å²) in [6.07, 6.45) is 0. The molecule has 0 aliphatic carbocycles. The molecular weight excluding hydrogens is 384 g/mol. The number of aryl methyl sites for hydroxylation is 1. The highest BCUT2D eigenvalue weighted by molar-refractivity contribution is 7.93. The maximum atomic E-state index is 12.6. The fourth-order valence-corrected chi connectivity index (χ4v) is 4.55. The first kappa shape index (κ1) is 19.1. The molecule has 27 heavy (non-hydrogen) atoms. The van der Waals surface area contributed by atoms with E-state index in [0.29, 0.717) is 5.69 Å². The highest BCUT2D eigenvalue weighted by Crippen LogP contribution is 2.27. The van der Waals surface area contributed by atoms with Gasteiger partial charge in [0.1, 0.15) is 4.88 Å². The number of hydrogen-bond donors (Lipinski definition) is 1. The van der Waals surface area contributed by atoms with Gasteiger partial charge in [-0.3, -0.25) is 4.72 Å². The molecule has 0 aliphatic heterocycles. The Hall–Kier alpha value is -2.71. The first-order chi connectivity index (χ1) is 12.9. The van der Waals surface area contributed by atoms with Gasteiger partial charge in [-0.15, -0.1) is 0 Å². The van der Waals surface area contributed by atoms with Gasteiger partial charge in [-0.25, -0.2) is 18.2 Å². The summed E-state index contributed by atoms with van der Waals surface area (Å²) in [5, 5.41) is 0.127. The summed E-state index contributed by atoms with van der Waals surface area (Å²) in [5.74, 6) is -0.509. The van der Waals surface area contributed by atoms with Gasteiger partial charge in [-0.05, 0) is 37.1 Å². The summed E-state index contributed by atoms with van der Waals surface area (Å²) in [6.45, 7) is 3.58. The minimum absolute atomic E-state index is 0.118. The van der Waals surface area contributed by atoms with Crippen LogP contribution in [0.4, 0.5) is 5.13 Å². The second-order valence-corrected chi connectivity index (χ2v) is 8.33. The van der Waals surface area contributed by atoms with Crippen LogP contribution in [0.5, 0.6) is 0 Å². The first-order valence-corrected chi connectivity index (χ1v) is 10.5. The molecule has 1 heterocycles. The Morgan fingerprint density at radius 1 is 1.07 bits per heavy atom. The fourth-order valence-electron chi connectivity index (χ4n) is 2.46. The molecule has 0 saturated carbocycles. The van der Waals surface area contributed by atoms with Gasteiger partial charge in [0.2, 0.25) is 0 Å². The van der Waals surface area contributed by atoms with Gasteiger partial charge >= 0.3 is 5.97 Å². The van der Waals surface area contributed by atoms with E-state index in [4.69, 9.17) is 4.74 Å². The Bertz CT molecular complexity index is 1040. The number of aromatic nitrogens is 1. The van der Waals surface area contributed by atoms with Crippen LogP contribution in [0.3, 0.4) is 0 Å². The van der Waals surface area contributed by atoms with E-state index in [2.05, 4.69) is 9.71 Å². The Morgan fingerprint density at radius 2 is 1.70 bits per heavy atom. The van der Waals surface area contributed by atoms with Crippen molar-refractivity contribution in [1.29, 1.82) is 0 Å². The lowest BCUT2D eigenvalue weighted by Gasteiger charge is -2.07. The summed E-state index contributed by atoms with van der Waals surface area (Å²) < 4.78 is 32.6. The van der Waals surface area contributed by atoms with E-state index in [1.807, 2.05) is 30.3 Å². The number of carbonyl (C=O) groups excluding carboxylic acids is 1. The zero-order chi connectivity index (χ0) is 19.4. The molecule has 0 spiro atoms. The summed E-state index contributed by atoms with van der Waals surface area (Å²) in [7, 11) is -3.81. The molecule has 6 nitrogen and oxygen atoms in total. The Labute approximate surface area is 161 Å². The largest absolute Gasteiger partial charge is 0.462 e. The molecule has 0 bridgehead atoms. The third kappa shape index (κ3) is 4.35. The van der Waals surface area contributed by atoms with Gasteiger partial charge < -0.3 is 4.74 Å². The average molecular weight is 402 g/mol. The SMILES string of the molecule is CCOC(=O)c1sc(NS(=O)(=O)c2ccc(-c3ccccc3)cc2)nc1C. The third-order valence-electron chi connectivity index (χ3n) is 3.75. The van der Waals surface area contributed by atoms with Crippen LogP contribution in [0.15, 0.2) is 59.5 Å². The molecule has 2 aromatic carbocycles. The second-order valence-electron chi connectivity index (χ2n) is 5.65. The third-order valence-corrected chi connectivity index (χ3v) is 6.29. The number of nitrogens with one attached hydrogen (secondary N) is 1. The number of ether oxygens (including phenoxy) is 1. The van der Waals surface area contributed by atoms with Crippen molar-refractivity contribution >= 4 is 32.5 Å². The summed E-state index contributed by atoms with van der Waals surface area (Å²) >= 11 is 0.953. The lowest BCUT2D eigenvalue weighted by molar-refractivity contribution is 0.0531. The van der Waals surface area contributed by atoms with Crippen molar-refractivity contribution in [2.24, 2.45) is 0 Å². The maximum Gasteiger partial charge on any atom is 0.350 e. The van der Waals surface area contributed by atoms with Gasteiger partial charge in [0, 0.05) is 0 Å². The summed E-state index contributed by atoms with van der Waals surface area (Å²) in [4.78, 5) is 16.4. The zero-order valence-corrected chi connectivity index (χ0v) is 16.4. The summed E-state index contributed by atoms with van der Waals surface area (Å²) in [5.41, 5.74) is 2.35. The normalized spacial score (nSPS) is 11.2. The van der Waals surface area contributed by atoms with Crippen LogP contribution in [0.25, 0.3) is 11.1 Å². The zero-order valence-electron chi connectivity index (χ0n) is 14.8. The van der Waals surface area contributed by atoms with Crippen molar-refractivity contribution in [2.75, 3.05) is 11.3 Å². The summed E-state index contributed by atoms with van der Waals surface area (Å²) in [6, 6.07) is 16.3. The lowest BCUT2D eigenvalue weighted by Crippen LogP contribution is -2.12. The predicted octanol–water partition coefficient (Wildman–Crippen LogP) is 4.10. The highest BCUT2D eigenvalue weighted by atomic mass is 32.2. The number of benzene rings is 2. The molecule has 8 heteroatoms. The number of hydrogen-bond acceptors (Lipinski definition) is 6. The van der Waals surface area contributed by atoms with Crippen molar-refractivity contribution in [2.45, 2.75) is 18.7 Å². The van der Waals surface area contributed by atoms with Gasteiger partial charge in [-0.1, -0.05) is 53.8 Å². The van der Waals surface area contributed by atoms with Gasteiger partial charge in [0.15, 0.2) is 5.13 Å². The number of sulfonamides is 1. The molecule has 1 N–H and O–H groups in total. The molecule has 3 rings (SSSR count). The molecule has 0 fully saturated rings. The van der Waals surface area contributed by atoms with Crippen molar-refractivity contribution in [1.82, 2.24) is 4.98 Å². The fraction of sp³-hybridized carbons (Fsp3) is 0.158. The topological polar surface area (TPSA) is 85.4 Å². The second kappa shape index (κ2) is 7.89. The van der Waals surface area contributed by atoms with Crippen LogP contribution in [-0.4, -0.2) is 26.0 Å². The minimum atomic E-state index is -3.81. The molecule has 1 aromatic heterocycles. The Morgan fingerprint density at radius 3 is 2.33 bits per heavy atom. The van der Waals surface area contributed by atoms with E-state index < -0.39 is 16.0 Å². The number of thiazole rings is 1. The number of nitrogens with zero attached hydrogens (tertiary/aromatic N) is 1. The maximum absolute atomic E-state index is 12.6. The molecule has 3 aromatic rings.